The fourth-order valence-electron chi connectivity index (χ4n) is 2.16. The minimum absolute atomic E-state index is 0.0478. The van der Waals surface area contributed by atoms with Crippen molar-refractivity contribution in [2.75, 3.05) is 6.54 Å². The number of hydrogen-bond donors (Lipinski definition) is 2. The minimum Gasteiger partial charge on any atom is -0.354 e. The fraction of sp³-hybridized carbons (Fsp3) is 0.588. The number of rotatable bonds is 6. The molecule has 0 saturated heterocycles. The molecule has 6 heteroatoms. The number of nitrogens with one attached hydrogen (secondary N) is 1. The van der Waals surface area contributed by atoms with E-state index in [0.29, 0.717) is 5.56 Å². The van der Waals surface area contributed by atoms with Crippen LogP contribution in [0.4, 0.5) is 13.2 Å². The van der Waals surface area contributed by atoms with Crippen LogP contribution in [0, 0.1) is 5.92 Å². The number of carbonyl (C=O) groups is 1. The Balaban J connectivity index is 2.82. The van der Waals surface area contributed by atoms with Crippen LogP contribution in [0.2, 0.25) is 0 Å². The summed E-state index contributed by atoms with van der Waals surface area (Å²) in [5.41, 5.74) is 5.06. The maximum Gasteiger partial charge on any atom is 0.416 e. The Morgan fingerprint density at radius 2 is 1.83 bits per heavy atom. The molecule has 1 amide bonds. The zero-order valence-corrected chi connectivity index (χ0v) is 14.0. The van der Waals surface area contributed by atoms with Gasteiger partial charge in [0.1, 0.15) is 0 Å². The van der Waals surface area contributed by atoms with E-state index in [9.17, 15) is 18.0 Å². The standard InChI is InChI=1S/C17H25F3N2O/c1-5-11(2)14(21)15(23)22-10-16(3,4)12-7-6-8-13(9-12)17(18,19)20/h6-9,11,14H,5,10,21H2,1-4H3,(H,22,23). The van der Waals surface area contributed by atoms with Crippen LogP contribution in [0.15, 0.2) is 24.3 Å². The summed E-state index contributed by atoms with van der Waals surface area (Å²) in [7, 11) is 0. The van der Waals surface area contributed by atoms with Gasteiger partial charge in [-0.2, -0.15) is 13.2 Å². The molecule has 2 atom stereocenters. The minimum atomic E-state index is -4.38. The molecule has 0 aliphatic carbocycles. The molecule has 1 aromatic rings. The Kier molecular flexibility index (Phi) is 6.22. The molecule has 0 saturated carbocycles. The molecule has 0 heterocycles. The summed E-state index contributed by atoms with van der Waals surface area (Å²) in [6.45, 7) is 7.64. The van der Waals surface area contributed by atoms with Gasteiger partial charge >= 0.3 is 6.18 Å². The van der Waals surface area contributed by atoms with Gasteiger partial charge in [-0.05, 0) is 17.5 Å². The molecule has 0 aliphatic heterocycles. The van der Waals surface area contributed by atoms with Crippen LogP contribution < -0.4 is 11.1 Å². The number of benzene rings is 1. The molecule has 0 bridgehead atoms. The maximum atomic E-state index is 12.8. The van der Waals surface area contributed by atoms with Gasteiger partial charge in [0.05, 0.1) is 11.6 Å². The first-order valence-electron chi connectivity index (χ1n) is 7.70. The Morgan fingerprint density at radius 1 is 1.26 bits per heavy atom. The monoisotopic (exact) mass is 330 g/mol. The first-order chi connectivity index (χ1) is 10.5. The molecule has 23 heavy (non-hydrogen) atoms. The molecule has 2 unspecified atom stereocenters. The lowest BCUT2D eigenvalue weighted by atomic mass is 9.83. The second-order valence-electron chi connectivity index (χ2n) is 6.59. The summed E-state index contributed by atoms with van der Waals surface area (Å²) in [5.74, 6) is -0.230. The summed E-state index contributed by atoms with van der Waals surface area (Å²) in [6, 6.07) is 4.57. The lowest BCUT2D eigenvalue weighted by Gasteiger charge is -2.28. The largest absolute Gasteiger partial charge is 0.416 e. The van der Waals surface area contributed by atoms with Crippen LogP contribution in [0.3, 0.4) is 0 Å². The molecule has 0 radical (unpaired) electrons. The third-order valence-electron chi connectivity index (χ3n) is 4.24. The highest BCUT2D eigenvalue weighted by atomic mass is 19.4. The second-order valence-corrected chi connectivity index (χ2v) is 6.59. The Bertz CT molecular complexity index is 541. The fourth-order valence-corrected chi connectivity index (χ4v) is 2.16. The lowest BCUT2D eigenvalue weighted by molar-refractivity contribution is -0.137. The predicted molar refractivity (Wildman–Crippen MR) is 84.9 cm³/mol. The van der Waals surface area contributed by atoms with Gasteiger partial charge in [0.2, 0.25) is 5.91 Å². The number of amides is 1. The Labute approximate surface area is 135 Å². The van der Waals surface area contributed by atoms with Gasteiger partial charge in [0, 0.05) is 12.0 Å². The zero-order chi connectivity index (χ0) is 17.8. The van der Waals surface area contributed by atoms with Crippen LogP contribution in [-0.4, -0.2) is 18.5 Å². The van der Waals surface area contributed by atoms with Crippen LogP contribution in [0.1, 0.15) is 45.2 Å². The maximum absolute atomic E-state index is 12.8. The first kappa shape index (κ1) is 19.5. The highest BCUT2D eigenvalue weighted by Crippen LogP contribution is 2.32. The number of hydrogen-bond acceptors (Lipinski definition) is 2. The van der Waals surface area contributed by atoms with Gasteiger partial charge < -0.3 is 11.1 Å². The van der Waals surface area contributed by atoms with Crippen LogP contribution in [0.25, 0.3) is 0 Å². The SMILES string of the molecule is CCC(C)C(N)C(=O)NCC(C)(C)c1cccc(C(F)(F)F)c1. The number of halogens is 3. The summed E-state index contributed by atoms with van der Waals surface area (Å²) in [5, 5.41) is 2.75. The smallest absolute Gasteiger partial charge is 0.354 e. The van der Waals surface area contributed by atoms with Gasteiger partial charge in [-0.1, -0.05) is 52.3 Å². The van der Waals surface area contributed by atoms with E-state index in [2.05, 4.69) is 5.32 Å². The van der Waals surface area contributed by atoms with Crippen molar-refractivity contribution in [3.05, 3.63) is 35.4 Å². The number of nitrogens with two attached hydrogens (primary N) is 1. The normalized spacial score (nSPS) is 15.1. The van der Waals surface area contributed by atoms with Crippen molar-refractivity contribution < 1.29 is 18.0 Å². The van der Waals surface area contributed by atoms with Crippen molar-refractivity contribution >= 4 is 5.91 Å². The Hall–Kier alpha value is -1.56. The van der Waals surface area contributed by atoms with Gasteiger partial charge in [-0.25, -0.2) is 0 Å². The molecule has 130 valence electrons. The van der Waals surface area contributed by atoms with E-state index in [0.717, 1.165) is 18.6 Å². The summed E-state index contributed by atoms with van der Waals surface area (Å²) in [6.07, 6.45) is -3.60. The van der Waals surface area contributed by atoms with Gasteiger partial charge in [-0.3, -0.25) is 4.79 Å². The lowest BCUT2D eigenvalue weighted by Crippen LogP contribution is -2.47. The zero-order valence-electron chi connectivity index (χ0n) is 14.0. The molecular formula is C17H25F3N2O. The highest BCUT2D eigenvalue weighted by Gasteiger charge is 2.32. The van der Waals surface area contributed by atoms with Crippen LogP contribution in [0.5, 0.6) is 0 Å². The van der Waals surface area contributed by atoms with Crippen molar-refractivity contribution in [3.63, 3.8) is 0 Å². The summed E-state index contributed by atoms with van der Waals surface area (Å²) < 4.78 is 38.5. The van der Waals surface area contributed by atoms with Gasteiger partial charge in [0.25, 0.3) is 0 Å². The van der Waals surface area contributed by atoms with Crippen molar-refractivity contribution in [2.45, 2.75) is 51.7 Å². The molecule has 0 aliphatic rings. The van der Waals surface area contributed by atoms with Gasteiger partial charge in [-0.15, -0.1) is 0 Å². The topological polar surface area (TPSA) is 55.1 Å². The molecular weight excluding hydrogens is 305 g/mol. The van der Waals surface area contributed by atoms with Crippen molar-refractivity contribution in [3.8, 4) is 0 Å². The molecule has 3 N–H and O–H groups in total. The molecule has 3 nitrogen and oxygen atoms in total. The average molecular weight is 330 g/mol. The van der Waals surface area contributed by atoms with Crippen molar-refractivity contribution in [1.29, 1.82) is 0 Å². The van der Waals surface area contributed by atoms with E-state index >= 15 is 0 Å². The van der Waals surface area contributed by atoms with E-state index in [1.807, 2.05) is 13.8 Å². The Morgan fingerprint density at radius 3 is 2.35 bits per heavy atom. The predicted octanol–water partition coefficient (Wildman–Crippen LogP) is 3.47. The quantitative estimate of drug-likeness (QED) is 0.839. The van der Waals surface area contributed by atoms with E-state index in [-0.39, 0.29) is 18.4 Å². The first-order valence-corrected chi connectivity index (χ1v) is 7.70. The second kappa shape index (κ2) is 7.34. The third kappa shape index (κ3) is 5.23. The third-order valence-corrected chi connectivity index (χ3v) is 4.24. The summed E-state index contributed by atoms with van der Waals surface area (Å²) >= 11 is 0. The van der Waals surface area contributed by atoms with Crippen molar-refractivity contribution in [2.24, 2.45) is 11.7 Å². The van der Waals surface area contributed by atoms with E-state index < -0.39 is 23.2 Å². The molecule has 0 aromatic heterocycles. The molecule has 0 spiro atoms. The van der Waals surface area contributed by atoms with Crippen LogP contribution >= 0.6 is 0 Å². The highest BCUT2D eigenvalue weighted by molar-refractivity contribution is 5.81. The van der Waals surface area contributed by atoms with Gasteiger partial charge in [0.15, 0.2) is 0 Å². The van der Waals surface area contributed by atoms with Crippen molar-refractivity contribution in [1.82, 2.24) is 5.32 Å². The molecule has 1 rings (SSSR count). The van der Waals surface area contributed by atoms with Crippen LogP contribution in [-0.2, 0) is 16.4 Å². The van der Waals surface area contributed by atoms with E-state index in [1.165, 1.54) is 6.07 Å². The van der Waals surface area contributed by atoms with E-state index in [4.69, 9.17) is 5.73 Å². The molecule has 0 fully saturated rings. The summed E-state index contributed by atoms with van der Waals surface area (Å²) in [4.78, 5) is 12.0. The number of carbonyl (C=O) groups excluding carboxylic acids is 1. The average Bonchev–Trinajstić information content (AvgIpc) is 2.50. The van der Waals surface area contributed by atoms with E-state index in [1.54, 1.807) is 19.9 Å². The molecule has 1 aromatic carbocycles. The number of alkyl halides is 3.